The monoisotopic (exact) mass is 423 g/mol. The number of aryl methyl sites for hydroxylation is 2. The van der Waals surface area contributed by atoms with Gasteiger partial charge in [0.25, 0.3) is 5.91 Å². The van der Waals surface area contributed by atoms with E-state index in [1.54, 1.807) is 17.1 Å². The fraction of sp³-hybridized carbons (Fsp3) is 0.435. The Labute approximate surface area is 182 Å². The van der Waals surface area contributed by atoms with Crippen LogP contribution in [0.3, 0.4) is 0 Å². The standard InChI is InChI=1S/C23H29N5O3/c1-16-4-7-21(17(2)14-16)25-8-10-26(11-9-25)22(30)20-6-5-19(15-24-20)28-13-12-27(18(3)29)23(28)31/h4-7,14,24H,8-13,15H2,1-3H3. The molecule has 3 heterocycles. The molecule has 0 radical (unpaired) electrons. The zero-order chi connectivity index (χ0) is 22.1. The van der Waals surface area contributed by atoms with Gasteiger partial charge in [-0.1, -0.05) is 17.7 Å². The maximum Gasteiger partial charge on any atom is 0.331 e. The Morgan fingerprint density at radius 3 is 2.29 bits per heavy atom. The lowest BCUT2D eigenvalue weighted by molar-refractivity contribution is -0.128. The van der Waals surface area contributed by atoms with Gasteiger partial charge in [-0.05, 0) is 37.6 Å². The van der Waals surface area contributed by atoms with E-state index < -0.39 is 0 Å². The molecule has 8 nitrogen and oxygen atoms in total. The lowest BCUT2D eigenvalue weighted by atomic mass is 10.1. The number of imide groups is 1. The van der Waals surface area contributed by atoms with Crippen LogP contribution in [0.2, 0.25) is 0 Å². The normalized spacial score (nSPS) is 19.3. The smallest absolute Gasteiger partial charge is 0.331 e. The van der Waals surface area contributed by atoms with Crippen molar-refractivity contribution in [3.8, 4) is 0 Å². The van der Waals surface area contributed by atoms with Gasteiger partial charge in [0, 0.05) is 57.6 Å². The van der Waals surface area contributed by atoms with E-state index in [0.29, 0.717) is 38.4 Å². The molecule has 1 aromatic rings. The number of anilines is 1. The van der Waals surface area contributed by atoms with Crippen molar-refractivity contribution in [3.63, 3.8) is 0 Å². The molecule has 2 saturated heterocycles. The fourth-order valence-corrected chi connectivity index (χ4v) is 4.39. The second-order valence-electron chi connectivity index (χ2n) is 8.27. The Balaban J connectivity index is 1.37. The second-order valence-corrected chi connectivity index (χ2v) is 8.27. The number of dihydropyridines is 1. The molecule has 0 atom stereocenters. The maximum absolute atomic E-state index is 13.0. The highest BCUT2D eigenvalue weighted by atomic mass is 16.2. The van der Waals surface area contributed by atoms with Crippen molar-refractivity contribution in [2.75, 3.05) is 50.7 Å². The molecule has 3 aliphatic rings. The molecule has 4 rings (SSSR count). The van der Waals surface area contributed by atoms with Crippen molar-refractivity contribution in [2.24, 2.45) is 0 Å². The Hall–Kier alpha value is -3.29. The summed E-state index contributed by atoms with van der Waals surface area (Å²) in [6.07, 6.45) is 3.54. The third kappa shape index (κ3) is 4.15. The molecular formula is C23H29N5O3. The van der Waals surface area contributed by atoms with Crippen molar-refractivity contribution in [1.29, 1.82) is 0 Å². The highest BCUT2D eigenvalue weighted by Crippen LogP contribution is 2.23. The number of piperazine rings is 1. The molecule has 0 aromatic heterocycles. The average molecular weight is 424 g/mol. The van der Waals surface area contributed by atoms with E-state index in [1.165, 1.54) is 28.6 Å². The van der Waals surface area contributed by atoms with Gasteiger partial charge >= 0.3 is 6.03 Å². The zero-order valence-corrected chi connectivity index (χ0v) is 18.4. The number of amides is 4. The number of nitrogens with one attached hydrogen (secondary N) is 1. The van der Waals surface area contributed by atoms with E-state index in [9.17, 15) is 14.4 Å². The van der Waals surface area contributed by atoms with Gasteiger partial charge in [-0.2, -0.15) is 0 Å². The molecule has 8 heteroatoms. The van der Waals surface area contributed by atoms with E-state index in [1.807, 2.05) is 4.90 Å². The van der Waals surface area contributed by atoms with Crippen LogP contribution < -0.4 is 10.2 Å². The van der Waals surface area contributed by atoms with Crippen LogP contribution in [0.25, 0.3) is 0 Å². The summed E-state index contributed by atoms with van der Waals surface area (Å²) in [7, 11) is 0. The molecular weight excluding hydrogens is 394 g/mol. The van der Waals surface area contributed by atoms with Gasteiger partial charge in [-0.25, -0.2) is 4.79 Å². The average Bonchev–Trinajstić information content (AvgIpc) is 3.15. The number of rotatable bonds is 3. The summed E-state index contributed by atoms with van der Waals surface area (Å²) in [5.74, 6) is -0.267. The number of hydrogen-bond acceptors (Lipinski definition) is 5. The first-order valence-electron chi connectivity index (χ1n) is 10.7. The van der Waals surface area contributed by atoms with Crippen LogP contribution in [0.5, 0.6) is 0 Å². The quantitative estimate of drug-likeness (QED) is 0.799. The van der Waals surface area contributed by atoms with Crippen molar-refractivity contribution in [2.45, 2.75) is 20.8 Å². The summed E-state index contributed by atoms with van der Waals surface area (Å²) < 4.78 is 0. The van der Waals surface area contributed by atoms with Crippen LogP contribution in [0.1, 0.15) is 18.1 Å². The highest BCUT2D eigenvalue weighted by Gasteiger charge is 2.34. The van der Waals surface area contributed by atoms with E-state index in [-0.39, 0.29) is 17.8 Å². The molecule has 0 saturated carbocycles. The largest absolute Gasteiger partial charge is 0.375 e. The molecule has 1 N–H and O–H groups in total. The van der Waals surface area contributed by atoms with Gasteiger partial charge in [0.15, 0.2) is 0 Å². The summed E-state index contributed by atoms with van der Waals surface area (Å²) in [5, 5.41) is 3.16. The maximum atomic E-state index is 13.0. The van der Waals surface area contributed by atoms with Crippen molar-refractivity contribution < 1.29 is 14.4 Å². The van der Waals surface area contributed by atoms with Crippen LogP contribution in [-0.2, 0) is 9.59 Å². The van der Waals surface area contributed by atoms with Gasteiger partial charge in [-0.15, -0.1) is 0 Å². The van der Waals surface area contributed by atoms with Gasteiger partial charge in [0.05, 0.1) is 6.54 Å². The molecule has 4 amide bonds. The molecule has 1 aromatic carbocycles. The van der Waals surface area contributed by atoms with Crippen LogP contribution >= 0.6 is 0 Å². The number of hydrogen-bond donors (Lipinski definition) is 1. The van der Waals surface area contributed by atoms with Crippen molar-refractivity contribution in [1.82, 2.24) is 20.0 Å². The van der Waals surface area contributed by atoms with Crippen LogP contribution in [0.4, 0.5) is 10.5 Å². The van der Waals surface area contributed by atoms with Crippen molar-refractivity contribution in [3.05, 3.63) is 52.9 Å². The number of carbonyl (C=O) groups is 3. The molecule has 0 spiro atoms. The molecule has 0 bridgehead atoms. The summed E-state index contributed by atoms with van der Waals surface area (Å²) in [6, 6.07) is 6.17. The minimum Gasteiger partial charge on any atom is -0.375 e. The summed E-state index contributed by atoms with van der Waals surface area (Å²) in [6.45, 7) is 9.80. The van der Waals surface area contributed by atoms with E-state index in [2.05, 4.69) is 42.3 Å². The molecule has 31 heavy (non-hydrogen) atoms. The predicted octanol–water partition coefficient (Wildman–Crippen LogP) is 1.61. The Morgan fingerprint density at radius 1 is 0.968 bits per heavy atom. The lowest BCUT2D eigenvalue weighted by Gasteiger charge is -2.37. The van der Waals surface area contributed by atoms with Gasteiger partial charge in [0.1, 0.15) is 5.70 Å². The second kappa shape index (κ2) is 8.45. The first-order chi connectivity index (χ1) is 14.8. The molecule has 0 aliphatic carbocycles. The molecule has 164 valence electrons. The zero-order valence-electron chi connectivity index (χ0n) is 18.4. The van der Waals surface area contributed by atoms with Crippen LogP contribution in [0, 0.1) is 13.8 Å². The number of urea groups is 1. The third-order valence-corrected chi connectivity index (χ3v) is 6.13. The lowest BCUT2D eigenvalue weighted by Crippen LogP contribution is -2.51. The van der Waals surface area contributed by atoms with Gasteiger partial charge in [-0.3, -0.25) is 19.4 Å². The van der Waals surface area contributed by atoms with Gasteiger partial charge in [0.2, 0.25) is 5.91 Å². The Bertz CT molecular complexity index is 975. The number of nitrogens with zero attached hydrogens (tertiary/aromatic N) is 4. The summed E-state index contributed by atoms with van der Waals surface area (Å²) in [4.78, 5) is 43.9. The van der Waals surface area contributed by atoms with E-state index in [4.69, 9.17) is 0 Å². The minimum absolute atomic E-state index is 0.0197. The number of carbonyl (C=O) groups excluding carboxylic acids is 3. The molecule has 3 aliphatic heterocycles. The van der Waals surface area contributed by atoms with Crippen LogP contribution in [-0.4, -0.2) is 78.4 Å². The third-order valence-electron chi connectivity index (χ3n) is 6.13. The predicted molar refractivity (Wildman–Crippen MR) is 118 cm³/mol. The van der Waals surface area contributed by atoms with Crippen molar-refractivity contribution >= 4 is 23.5 Å². The Morgan fingerprint density at radius 2 is 1.71 bits per heavy atom. The summed E-state index contributed by atoms with van der Waals surface area (Å²) in [5.41, 5.74) is 5.05. The molecule has 0 unspecified atom stereocenters. The van der Waals surface area contributed by atoms with E-state index in [0.717, 1.165) is 18.8 Å². The first kappa shape index (κ1) is 21.0. The summed E-state index contributed by atoms with van der Waals surface area (Å²) >= 11 is 0. The molecule has 2 fully saturated rings. The topological polar surface area (TPSA) is 76.2 Å². The SMILES string of the molecule is CC(=O)N1CCN(C2=CC=C(C(=O)N3CCN(c4ccc(C)cc4C)CC3)NC2)C1=O. The van der Waals surface area contributed by atoms with E-state index >= 15 is 0 Å². The Kier molecular flexibility index (Phi) is 5.71. The highest BCUT2D eigenvalue weighted by molar-refractivity contribution is 5.96. The van der Waals surface area contributed by atoms with Gasteiger partial charge < -0.3 is 15.1 Å². The minimum atomic E-state index is -0.300. The van der Waals surface area contributed by atoms with Crippen LogP contribution in [0.15, 0.2) is 41.7 Å². The fourth-order valence-electron chi connectivity index (χ4n) is 4.39. The number of allylic oxidation sites excluding steroid dienone is 2. The first-order valence-corrected chi connectivity index (χ1v) is 10.7. The number of benzene rings is 1.